The van der Waals surface area contributed by atoms with Gasteiger partial charge in [0.25, 0.3) is 5.69 Å². The Kier molecular flexibility index (Phi) is 6.73. The SMILES string of the molecule is CN1CCc2ccc([N+](=O)[O-])cc2C1.O=Cc1ccc(N2CCOCC2)cc1. The maximum absolute atomic E-state index is 10.6. The minimum absolute atomic E-state index is 0.194. The van der Waals surface area contributed by atoms with Crippen molar-refractivity contribution in [3.8, 4) is 0 Å². The van der Waals surface area contributed by atoms with Gasteiger partial charge in [-0.3, -0.25) is 14.9 Å². The first-order valence-electron chi connectivity index (χ1n) is 9.39. The van der Waals surface area contributed by atoms with Crippen LogP contribution in [0, 0.1) is 10.1 Å². The molecule has 7 heteroatoms. The summed E-state index contributed by atoms with van der Waals surface area (Å²) < 4.78 is 5.27. The van der Waals surface area contributed by atoms with Crippen molar-refractivity contribution in [2.24, 2.45) is 0 Å². The maximum Gasteiger partial charge on any atom is 0.269 e. The molecule has 148 valence electrons. The summed E-state index contributed by atoms with van der Waals surface area (Å²) in [5, 5.41) is 10.6. The van der Waals surface area contributed by atoms with E-state index in [0.717, 1.165) is 63.2 Å². The standard InChI is InChI=1S/C11H13NO2.C10H12N2O2/c13-9-10-1-3-11(4-2-10)12-5-7-14-8-6-12;1-11-5-4-8-2-3-10(12(13)14)6-9(8)7-11/h1-4,9H,5-8H2;2-3,6H,4-5,7H2,1H3. The van der Waals surface area contributed by atoms with Gasteiger partial charge >= 0.3 is 0 Å². The van der Waals surface area contributed by atoms with Gasteiger partial charge in [0, 0.05) is 49.6 Å². The molecule has 2 aromatic rings. The van der Waals surface area contributed by atoms with Crippen molar-refractivity contribution >= 4 is 17.7 Å². The van der Waals surface area contributed by atoms with E-state index in [2.05, 4.69) is 9.80 Å². The molecular weight excluding hydrogens is 358 g/mol. The Morgan fingerprint density at radius 3 is 2.39 bits per heavy atom. The number of rotatable bonds is 3. The summed E-state index contributed by atoms with van der Waals surface area (Å²) in [6, 6.07) is 12.8. The first-order valence-corrected chi connectivity index (χ1v) is 9.39. The topological polar surface area (TPSA) is 75.9 Å². The van der Waals surface area contributed by atoms with Gasteiger partial charge in [-0.1, -0.05) is 6.07 Å². The minimum Gasteiger partial charge on any atom is -0.378 e. The molecule has 0 amide bonds. The molecule has 4 rings (SSSR count). The van der Waals surface area contributed by atoms with Crippen LogP contribution in [-0.2, 0) is 17.7 Å². The van der Waals surface area contributed by atoms with Crippen LogP contribution in [0.1, 0.15) is 21.5 Å². The Bertz CT molecular complexity index is 817. The summed E-state index contributed by atoms with van der Waals surface area (Å²) in [7, 11) is 2.03. The third kappa shape index (κ3) is 5.15. The number of benzene rings is 2. The number of likely N-dealkylation sites (N-methyl/N-ethyl adjacent to an activating group) is 1. The fourth-order valence-electron chi connectivity index (χ4n) is 3.38. The number of nitro groups is 1. The van der Waals surface area contributed by atoms with Crippen LogP contribution in [-0.4, -0.2) is 56.0 Å². The van der Waals surface area contributed by atoms with Crippen molar-refractivity contribution in [2.75, 3.05) is 44.8 Å². The number of carbonyl (C=O) groups excluding carboxylic acids is 1. The first kappa shape index (κ1) is 20.0. The number of hydrogen-bond acceptors (Lipinski definition) is 6. The van der Waals surface area contributed by atoms with Crippen LogP contribution in [0.4, 0.5) is 11.4 Å². The molecule has 0 bridgehead atoms. The smallest absolute Gasteiger partial charge is 0.269 e. The second kappa shape index (κ2) is 9.43. The number of non-ortho nitro benzene ring substituents is 1. The summed E-state index contributed by atoms with van der Waals surface area (Å²) >= 11 is 0. The van der Waals surface area contributed by atoms with Crippen LogP contribution in [0.25, 0.3) is 0 Å². The average Bonchev–Trinajstić information content (AvgIpc) is 2.74. The van der Waals surface area contributed by atoms with Crippen molar-refractivity contribution in [3.05, 3.63) is 69.3 Å². The lowest BCUT2D eigenvalue weighted by molar-refractivity contribution is -0.385. The van der Waals surface area contributed by atoms with Crippen LogP contribution in [0.5, 0.6) is 0 Å². The molecule has 1 saturated heterocycles. The second-order valence-corrected chi connectivity index (χ2v) is 7.01. The third-order valence-electron chi connectivity index (χ3n) is 5.01. The van der Waals surface area contributed by atoms with E-state index in [-0.39, 0.29) is 10.6 Å². The molecule has 0 unspecified atom stereocenters. The van der Waals surface area contributed by atoms with E-state index in [9.17, 15) is 14.9 Å². The highest BCUT2D eigenvalue weighted by atomic mass is 16.6. The van der Waals surface area contributed by atoms with E-state index in [0.29, 0.717) is 0 Å². The minimum atomic E-state index is -0.338. The Morgan fingerprint density at radius 1 is 1.04 bits per heavy atom. The molecule has 0 aliphatic carbocycles. The van der Waals surface area contributed by atoms with Gasteiger partial charge in [0.05, 0.1) is 18.1 Å². The van der Waals surface area contributed by atoms with E-state index in [4.69, 9.17) is 4.74 Å². The van der Waals surface area contributed by atoms with Gasteiger partial charge in [-0.25, -0.2) is 0 Å². The van der Waals surface area contributed by atoms with Crippen molar-refractivity contribution in [1.82, 2.24) is 4.90 Å². The lowest BCUT2D eigenvalue weighted by Crippen LogP contribution is -2.36. The predicted octanol–water partition coefficient (Wildman–Crippen LogP) is 2.92. The lowest BCUT2D eigenvalue weighted by atomic mass is 10.00. The lowest BCUT2D eigenvalue weighted by Gasteiger charge is -2.28. The number of nitrogens with zero attached hydrogens (tertiary/aromatic N) is 3. The van der Waals surface area contributed by atoms with Gasteiger partial charge in [-0.15, -0.1) is 0 Å². The highest BCUT2D eigenvalue weighted by Gasteiger charge is 2.16. The van der Waals surface area contributed by atoms with E-state index < -0.39 is 0 Å². The van der Waals surface area contributed by atoms with Gasteiger partial charge in [0.1, 0.15) is 6.29 Å². The number of anilines is 1. The predicted molar refractivity (Wildman–Crippen MR) is 108 cm³/mol. The molecule has 28 heavy (non-hydrogen) atoms. The zero-order valence-corrected chi connectivity index (χ0v) is 16.0. The third-order valence-corrected chi connectivity index (χ3v) is 5.01. The number of hydrogen-bond donors (Lipinski definition) is 0. The monoisotopic (exact) mass is 383 g/mol. The summed E-state index contributed by atoms with van der Waals surface area (Å²) in [4.78, 5) is 25.1. The molecule has 2 heterocycles. The van der Waals surface area contributed by atoms with Crippen LogP contribution in [0.15, 0.2) is 42.5 Å². The zero-order chi connectivity index (χ0) is 19.9. The number of morpholine rings is 1. The largest absolute Gasteiger partial charge is 0.378 e. The molecule has 1 fully saturated rings. The number of aldehydes is 1. The molecule has 2 aromatic carbocycles. The van der Waals surface area contributed by atoms with Crippen molar-refractivity contribution in [3.63, 3.8) is 0 Å². The van der Waals surface area contributed by atoms with Gasteiger partial charge in [0.15, 0.2) is 0 Å². The molecule has 0 aromatic heterocycles. The molecule has 2 aliphatic rings. The Labute approximate surface area is 164 Å². The Balaban J connectivity index is 0.000000161. The van der Waals surface area contributed by atoms with Gasteiger partial charge < -0.3 is 14.5 Å². The molecule has 0 N–H and O–H groups in total. The highest BCUT2D eigenvalue weighted by Crippen LogP contribution is 2.22. The summed E-state index contributed by atoms with van der Waals surface area (Å²) in [5.41, 5.74) is 4.42. The zero-order valence-electron chi connectivity index (χ0n) is 16.0. The fraction of sp³-hybridized carbons (Fsp3) is 0.381. The fourth-order valence-corrected chi connectivity index (χ4v) is 3.38. The average molecular weight is 383 g/mol. The second-order valence-electron chi connectivity index (χ2n) is 7.01. The number of ether oxygens (including phenoxy) is 1. The van der Waals surface area contributed by atoms with Crippen LogP contribution >= 0.6 is 0 Å². The van der Waals surface area contributed by atoms with Crippen LogP contribution < -0.4 is 4.90 Å². The van der Waals surface area contributed by atoms with E-state index >= 15 is 0 Å². The summed E-state index contributed by atoms with van der Waals surface area (Å²) in [5.74, 6) is 0. The molecule has 0 radical (unpaired) electrons. The molecular formula is C21H25N3O4. The van der Waals surface area contributed by atoms with E-state index in [1.807, 2.05) is 37.4 Å². The molecule has 0 spiro atoms. The molecule has 0 atom stereocenters. The van der Waals surface area contributed by atoms with Crippen molar-refractivity contribution in [1.29, 1.82) is 0 Å². The number of nitro benzene ring substituents is 1. The maximum atomic E-state index is 10.6. The summed E-state index contributed by atoms with van der Waals surface area (Å²) in [6.07, 6.45) is 1.85. The van der Waals surface area contributed by atoms with Crippen LogP contribution in [0.2, 0.25) is 0 Å². The molecule has 7 nitrogen and oxygen atoms in total. The highest BCUT2D eigenvalue weighted by molar-refractivity contribution is 5.75. The Hall–Kier alpha value is -2.77. The van der Waals surface area contributed by atoms with Crippen LogP contribution in [0.3, 0.4) is 0 Å². The molecule has 2 aliphatic heterocycles. The van der Waals surface area contributed by atoms with Gasteiger partial charge in [-0.05, 0) is 48.9 Å². The Morgan fingerprint density at radius 2 is 1.75 bits per heavy atom. The first-order chi connectivity index (χ1) is 13.6. The van der Waals surface area contributed by atoms with E-state index in [1.54, 1.807) is 12.1 Å². The van der Waals surface area contributed by atoms with Crippen molar-refractivity contribution in [2.45, 2.75) is 13.0 Å². The quantitative estimate of drug-likeness (QED) is 0.461. The summed E-state index contributed by atoms with van der Waals surface area (Å²) in [6.45, 7) is 5.29. The number of carbonyl (C=O) groups is 1. The van der Waals surface area contributed by atoms with Gasteiger partial charge in [0.2, 0.25) is 0 Å². The van der Waals surface area contributed by atoms with Crippen molar-refractivity contribution < 1.29 is 14.5 Å². The normalized spacial score (nSPS) is 16.5. The number of fused-ring (bicyclic) bond motifs is 1. The van der Waals surface area contributed by atoms with E-state index in [1.165, 1.54) is 11.3 Å². The van der Waals surface area contributed by atoms with Gasteiger partial charge in [-0.2, -0.15) is 0 Å². The molecule has 0 saturated carbocycles.